The van der Waals surface area contributed by atoms with Gasteiger partial charge in [0.1, 0.15) is 11.4 Å². The summed E-state index contributed by atoms with van der Waals surface area (Å²) in [5.74, 6) is 0.477. The molecule has 0 saturated carbocycles. The number of carbonyl (C=O) groups excluding carboxylic acids is 2. The van der Waals surface area contributed by atoms with Gasteiger partial charge in [0.2, 0.25) is 0 Å². The van der Waals surface area contributed by atoms with Crippen LogP contribution in [-0.4, -0.2) is 39.7 Å². The topological polar surface area (TPSA) is 81.7 Å². The van der Waals surface area contributed by atoms with Gasteiger partial charge in [0.05, 0.1) is 6.04 Å². The Labute approximate surface area is 196 Å². The molecule has 1 aliphatic rings. The summed E-state index contributed by atoms with van der Waals surface area (Å²) < 4.78 is 5.41. The van der Waals surface area contributed by atoms with E-state index in [9.17, 15) is 14.8 Å². The third kappa shape index (κ3) is 9.22. The summed E-state index contributed by atoms with van der Waals surface area (Å²) in [4.78, 5) is 25.5. The van der Waals surface area contributed by atoms with Gasteiger partial charge in [-0.1, -0.05) is 39.8 Å². The Kier molecular flexibility index (Phi) is 9.17. The van der Waals surface area contributed by atoms with Crippen LogP contribution in [0.1, 0.15) is 102 Å². The van der Waals surface area contributed by atoms with Gasteiger partial charge in [-0.2, -0.15) is 0 Å². The normalized spacial score (nSPS) is 21.0. The molecule has 6 nitrogen and oxygen atoms in total. The summed E-state index contributed by atoms with van der Waals surface area (Å²) in [5, 5.41) is 16.7. The molecule has 1 fully saturated rings. The van der Waals surface area contributed by atoms with E-state index >= 15 is 0 Å². The Morgan fingerprint density at radius 1 is 1.09 bits per heavy atom. The minimum Gasteiger partial charge on any atom is -0.784 e. The van der Waals surface area contributed by atoms with Crippen LogP contribution in [-0.2, 0) is 9.53 Å². The lowest BCUT2D eigenvalue weighted by molar-refractivity contribution is -0.130. The lowest BCUT2D eigenvalue weighted by Crippen LogP contribution is -2.58. The summed E-state index contributed by atoms with van der Waals surface area (Å²) in [6, 6.07) is -0.166. The number of allylic oxidation sites excluding steroid dienone is 1. The van der Waals surface area contributed by atoms with Crippen molar-refractivity contribution in [3.8, 4) is 0 Å². The predicted molar refractivity (Wildman–Crippen MR) is 131 cm³/mol. The van der Waals surface area contributed by atoms with Crippen molar-refractivity contribution < 1.29 is 14.3 Å². The maximum absolute atomic E-state index is 13.2. The summed E-state index contributed by atoms with van der Waals surface area (Å²) in [6.45, 7) is 21.5. The van der Waals surface area contributed by atoms with Gasteiger partial charge in [-0.15, -0.1) is 0 Å². The first-order valence-electron chi connectivity index (χ1n) is 11.9. The molecule has 1 N–H and O–H groups in total. The molecule has 32 heavy (non-hydrogen) atoms. The smallest absolute Gasteiger partial charge is 0.408 e. The predicted octanol–water partition coefficient (Wildman–Crippen LogP) is 6.23. The number of rotatable bonds is 8. The van der Waals surface area contributed by atoms with Gasteiger partial charge < -0.3 is 20.3 Å². The minimum atomic E-state index is -0.554. The van der Waals surface area contributed by atoms with Crippen molar-refractivity contribution in [3.05, 3.63) is 17.4 Å². The summed E-state index contributed by atoms with van der Waals surface area (Å²) in [7, 11) is 0. The Morgan fingerprint density at radius 3 is 2.03 bits per heavy atom. The highest BCUT2D eigenvalue weighted by Crippen LogP contribution is 2.42. The number of hydrogen-bond donors (Lipinski definition) is 1. The van der Waals surface area contributed by atoms with E-state index in [0.29, 0.717) is 25.2 Å². The van der Waals surface area contributed by atoms with Crippen molar-refractivity contribution in [2.24, 2.45) is 17.3 Å². The first kappa shape index (κ1) is 28.6. The van der Waals surface area contributed by atoms with Crippen LogP contribution in [0.3, 0.4) is 0 Å². The summed E-state index contributed by atoms with van der Waals surface area (Å²) >= 11 is 0. The Balaban J connectivity index is 2.87. The Morgan fingerprint density at radius 2 is 1.59 bits per heavy atom. The standard InChI is InChI=1S/C26H47N2O4/c1-18(2)14-20(27-22(30)32-23(3,4)5)12-13-24(6,7)17-21(29)19-15-25(8,9)28(31)26(10,11)16-19/h12-13,18-20H,14-17H2,1-11H3,(H,27,30)/q-1/b13-12+/t20-/m1/s1. The van der Waals surface area contributed by atoms with E-state index < -0.39 is 22.8 Å². The van der Waals surface area contributed by atoms with Gasteiger partial charge in [-0.3, -0.25) is 4.79 Å². The molecule has 1 aliphatic heterocycles. The lowest BCUT2D eigenvalue weighted by atomic mass is 9.71. The van der Waals surface area contributed by atoms with Crippen LogP contribution in [0.4, 0.5) is 4.79 Å². The zero-order valence-corrected chi connectivity index (χ0v) is 22.3. The summed E-state index contributed by atoms with van der Waals surface area (Å²) in [5.41, 5.74) is -2.02. The molecule has 0 bridgehead atoms. The van der Waals surface area contributed by atoms with Crippen LogP contribution < -0.4 is 5.32 Å². The van der Waals surface area contributed by atoms with Gasteiger partial charge in [-0.05, 0) is 79.1 Å². The second kappa shape index (κ2) is 10.3. The van der Waals surface area contributed by atoms with Crippen molar-refractivity contribution in [2.45, 2.75) is 125 Å². The number of ether oxygens (including phenoxy) is 1. The van der Waals surface area contributed by atoms with Crippen LogP contribution >= 0.6 is 0 Å². The number of nitrogens with one attached hydrogen (secondary N) is 1. The molecule has 1 amide bonds. The summed E-state index contributed by atoms with van der Waals surface area (Å²) in [6.07, 6.45) is 5.93. The molecule has 1 heterocycles. The highest BCUT2D eigenvalue weighted by Gasteiger charge is 2.43. The van der Waals surface area contributed by atoms with Gasteiger partial charge in [-0.25, -0.2) is 4.79 Å². The molecule has 0 aliphatic carbocycles. The molecule has 0 aromatic rings. The van der Waals surface area contributed by atoms with Gasteiger partial charge in [0, 0.05) is 23.4 Å². The number of nitrogens with zero attached hydrogens (tertiary/aromatic N) is 1. The molecular formula is C26H47N2O4-. The first-order valence-corrected chi connectivity index (χ1v) is 11.9. The van der Waals surface area contributed by atoms with E-state index in [1.165, 1.54) is 0 Å². The molecule has 0 aromatic heterocycles. The number of amides is 1. The molecule has 186 valence electrons. The first-order chi connectivity index (χ1) is 14.2. The average Bonchev–Trinajstić information content (AvgIpc) is 2.54. The third-order valence-corrected chi connectivity index (χ3v) is 5.88. The number of Topliss-reactive ketones (excluding diaryl/α,β-unsaturated/α-hetero) is 1. The van der Waals surface area contributed by atoms with Crippen molar-refractivity contribution in [2.75, 3.05) is 0 Å². The maximum Gasteiger partial charge on any atom is 0.408 e. The van der Waals surface area contributed by atoms with Gasteiger partial charge >= 0.3 is 6.09 Å². The zero-order chi connectivity index (χ0) is 25.1. The van der Waals surface area contributed by atoms with E-state index in [0.717, 1.165) is 11.5 Å². The number of alkyl carbamates (subject to hydrolysis) is 1. The van der Waals surface area contributed by atoms with Crippen molar-refractivity contribution in [1.29, 1.82) is 0 Å². The molecule has 0 aromatic carbocycles. The quantitative estimate of drug-likeness (QED) is 0.442. The molecule has 1 saturated heterocycles. The molecule has 6 heteroatoms. The zero-order valence-electron chi connectivity index (χ0n) is 22.3. The second-order valence-electron chi connectivity index (χ2n) is 12.9. The van der Waals surface area contributed by atoms with Crippen molar-refractivity contribution in [1.82, 2.24) is 10.4 Å². The molecule has 1 rings (SSSR count). The monoisotopic (exact) mass is 451 g/mol. The largest absolute Gasteiger partial charge is 0.784 e. The Bertz CT molecular complexity index is 668. The van der Waals surface area contributed by atoms with E-state index in [2.05, 4.69) is 19.2 Å². The van der Waals surface area contributed by atoms with Crippen LogP contribution in [0, 0.1) is 22.5 Å². The van der Waals surface area contributed by atoms with Crippen molar-refractivity contribution >= 4 is 11.9 Å². The van der Waals surface area contributed by atoms with E-state index in [4.69, 9.17) is 4.74 Å². The minimum absolute atomic E-state index is 0.121. The third-order valence-electron chi connectivity index (χ3n) is 5.88. The average molecular weight is 452 g/mol. The SMILES string of the molecule is CC(C)C[C@@H](/C=C/C(C)(C)CC(=O)C1CC(C)(C)N([O-])C(C)(C)C1)NC(=O)OC(C)(C)C. The van der Waals surface area contributed by atoms with Crippen LogP contribution in [0.25, 0.3) is 0 Å². The molecule has 0 spiro atoms. The van der Waals surface area contributed by atoms with Gasteiger partial charge in [0.15, 0.2) is 0 Å². The highest BCUT2D eigenvalue weighted by atomic mass is 16.6. The lowest BCUT2D eigenvalue weighted by Gasteiger charge is -2.59. The van der Waals surface area contributed by atoms with Crippen molar-refractivity contribution in [3.63, 3.8) is 0 Å². The molecule has 0 radical (unpaired) electrons. The Hall–Kier alpha value is -1.40. The number of carbonyl (C=O) groups is 2. The molecular weight excluding hydrogens is 404 g/mol. The van der Waals surface area contributed by atoms with Crippen LogP contribution in [0.5, 0.6) is 0 Å². The maximum atomic E-state index is 13.2. The van der Waals surface area contributed by atoms with Crippen LogP contribution in [0.2, 0.25) is 0 Å². The van der Waals surface area contributed by atoms with E-state index in [1.54, 1.807) is 0 Å². The van der Waals surface area contributed by atoms with E-state index in [-0.39, 0.29) is 23.2 Å². The van der Waals surface area contributed by atoms with Gasteiger partial charge in [0.25, 0.3) is 0 Å². The number of piperidine rings is 1. The van der Waals surface area contributed by atoms with Crippen LogP contribution in [0.15, 0.2) is 12.2 Å². The molecule has 0 unspecified atom stereocenters. The highest BCUT2D eigenvalue weighted by molar-refractivity contribution is 5.82. The fourth-order valence-corrected chi connectivity index (χ4v) is 4.67. The second-order valence-corrected chi connectivity index (χ2v) is 12.9. The molecule has 1 atom stereocenters. The fraction of sp³-hybridized carbons (Fsp3) is 0.846. The number of ketones is 1. The number of hydrogen-bond acceptors (Lipinski definition) is 5. The fourth-order valence-electron chi connectivity index (χ4n) is 4.67. The van der Waals surface area contributed by atoms with E-state index in [1.807, 2.05) is 74.5 Å². The number of hydroxylamine groups is 2.